The van der Waals surface area contributed by atoms with Crippen LogP contribution < -0.4 is 5.43 Å². The summed E-state index contributed by atoms with van der Waals surface area (Å²) in [5.41, 5.74) is -1.37. The Morgan fingerprint density at radius 2 is 1.60 bits per heavy atom. The average molecular weight is 491 g/mol. The molecule has 2 amide bonds. The van der Waals surface area contributed by atoms with E-state index in [4.69, 9.17) is 0 Å². The maximum atomic E-state index is 13.2. The first kappa shape index (κ1) is 24.9. The van der Waals surface area contributed by atoms with Gasteiger partial charge < -0.3 is 9.80 Å². The number of hydrogen-bond acceptors (Lipinski definition) is 4. The number of alkyl halides is 3. The lowest BCUT2D eigenvalue weighted by Gasteiger charge is -2.36. The molecular formula is C25H29F3N4O3. The highest BCUT2D eigenvalue weighted by molar-refractivity contribution is 5.92. The van der Waals surface area contributed by atoms with Crippen molar-refractivity contribution in [2.75, 3.05) is 26.2 Å². The van der Waals surface area contributed by atoms with Crippen molar-refractivity contribution in [3.05, 3.63) is 57.5 Å². The SMILES string of the molecule is Cc1cc(=O)c(C(=O)N2CCC(C(=O)N3CCC(C)CC3)CC2)nn1-c1cccc(C(F)(F)F)c1. The summed E-state index contributed by atoms with van der Waals surface area (Å²) in [4.78, 5) is 42.0. The number of piperidine rings is 2. The van der Waals surface area contributed by atoms with Crippen LogP contribution in [0.2, 0.25) is 0 Å². The lowest BCUT2D eigenvalue weighted by molar-refractivity contribution is -0.138. The summed E-state index contributed by atoms with van der Waals surface area (Å²) in [6, 6.07) is 5.77. The van der Waals surface area contributed by atoms with Gasteiger partial charge in [0.15, 0.2) is 5.69 Å². The van der Waals surface area contributed by atoms with E-state index in [1.807, 2.05) is 4.90 Å². The molecule has 35 heavy (non-hydrogen) atoms. The van der Waals surface area contributed by atoms with Gasteiger partial charge in [-0.2, -0.15) is 18.3 Å². The van der Waals surface area contributed by atoms with E-state index < -0.39 is 23.1 Å². The summed E-state index contributed by atoms with van der Waals surface area (Å²) in [6.45, 7) is 5.90. The van der Waals surface area contributed by atoms with Gasteiger partial charge in [0.25, 0.3) is 5.91 Å². The topological polar surface area (TPSA) is 75.5 Å². The van der Waals surface area contributed by atoms with Crippen molar-refractivity contribution < 1.29 is 22.8 Å². The number of aryl methyl sites for hydroxylation is 1. The molecule has 2 aromatic rings. The normalized spacial score (nSPS) is 18.1. The Morgan fingerprint density at radius 3 is 2.23 bits per heavy atom. The predicted molar refractivity (Wildman–Crippen MR) is 123 cm³/mol. The van der Waals surface area contributed by atoms with Gasteiger partial charge in [-0.15, -0.1) is 0 Å². The molecule has 0 aliphatic carbocycles. The van der Waals surface area contributed by atoms with E-state index in [0.29, 0.717) is 37.5 Å². The van der Waals surface area contributed by atoms with Crippen LogP contribution in [-0.2, 0) is 11.0 Å². The van der Waals surface area contributed by atoms with Crippen molar-refractivity contribution in [2.24, 2.45) is 11.8 Å². The molecule has 4 rings (SSSR count). The second kappa shape index (κ2) is 9.83. The second-order valence-electron chi connectivity index (χ2n) is 9.53. The number of rotatable bonds is 3. The van der Waals surface area contributed by atoms with Gasteiger partial charge in [0.05, 0.1) is 11.3 Å². The number of amides is 2. The minimum Gasteiger partial charge on any atom is -0.342 e. The Balaban J connectivity index is 1.49. The minimum atomic E-state index is -4.53. The summed E-state index contributed by atoms with van der Waals surface area (Å²) in [5, 5.41) is 4.15. The third kappa shape index (κ3) is 5.41. The lowest BCUT2D eigenvalue weighted by Crippen LogP contribution is -2.47. The summed E-state index contributed by atoms with van der Waals surface area (Å²) >= 11 is 0. The van der Waals surface area contributed by atoms with E-state index in [1.54, 1.807) is 6.92 Å². The average Bonchev–Trinajstić information content (AvgIpc) is 2.83. The van der Waals surface area contributed by atoms with Gasteiger partial charge in [-0.25, -0.2) is 4.68 Å². The smallest absolute Gasteiger partial charge is 0.342 e. The second-order valence-corrected chi connectivity index (χ2v) is 9.53. The molecule has 1 aromatic heterocycles. The zero-order valence-corrected chi connectivity index (χ0v) is 19.8. The van der Waals surface area contributed by atoms with Crippen LogP contribution in [0, 0.1) is 18.8 Å². The van der Waals surface area contributed by atoms with Crippen molar-refractivity contribution in [3.8, 4) is 5.69 Å². The molecule has 2 aliphatic heterocycles. The molecule has 2 fully saturated rings. The van der Waals surface area contributed by atoms with E-state index in [0.717, 1.165) is 38.1 Å². The number of carbonyl (C=O) groups excluding carboxylic acids is 2. The van der Waals surface area contributed by atoms with Crippen molar-refractivity contribution in [1.29, 1.82) is 0 Å². The van der Waals surface area contributed by atoms with Crippen molar-refractivity contribution in [2.45, 2.75) is 45.7 Å². The molecule has 1 aromatic carbocycles. The quantitative estimate of drug-likeness (QED) is 0.658. The van der Waals surface area contributed by atoms with E-state index in [9.17, 15) is 27.6 Å². The van der Waals surface area contributed by atoms with Crippen LogP contribution in [0.15, 0.2) is 35.1 Å². The molecule has 0 N–H and O–H groups in total. The van der Waals surface area contributed by atoms with E-state index in [1.165, 1.54) is 27.8 Å². The van der Waals surface area contributed by atoms with Gasteiger partial charge in [-0.1, -0.05) is 13.0 Å². The number of aromatic nitrogens is 2. The van der Waals surface area contributed by atoms with Crippen LogP contribution >= 0.6 is 0 Å². The van der Waals surface area contributed by atoms with Crippen molar-refractivity contribution >= 4 is 11.8 Å². The fraction of sp³-hybridized carbons (Fsp3) is 0.520. The number of likely N-dealkylation sites (tertiary alicyclic amines) is 2. The zero-order valence-electron chi connectivity index (χ0n) is 19.8. The molecule has 0 radical (unpaired) electrons. The lowest BCUT2D eigenvalue weighted by atomic mass is 9.92. The van der Waals surface area contributed by atoms with Gasteiger partial charge >= 0.3 is 6.18 Å². The highest BCUT2D eigenvalue weighted by Gasteiger charge is 2.33. The molecule has 2 saturated heterocycles. The van der Waals surface area contributed by atoms with Crippen molar-refractivity contribution in [3.63, 3.8) is 0 Å². The first-order valence-electron chi connectivity index (χ1n) is 11.9. The predicted octanol–water partition coefficient (Wildman–Crippen LogP) is 3.67. The van der Waals surface area contributed by atoms with Crippen LogP contribution in [0.25, 0.3) is 5.69 Å². The number of nitrogens with zero attached hydrogens (tertiary/aromatic N) is 4. The molecule has 2 aliphatic rings. The fourth-order valence-electron chi connectivity index (χ4n) is 4.74. The monoisotopic (exact) mass is 490 g/mol. The molecular weight excluding hydrogens is 461 g/mol. The Kier molecular flexibility index (Phi) is 7.00. The van der Waals surface area contributed by atoms with Gasteiger partial charge in [0.1, 0.15) is 0 Å². The summed E-state index contributed by atoms with van der Waals surface area (Å²) in [5.74, 6) is 0.0264. The summed E-state index contributed by atoms with van der Waals surface area (Å²) < 4.78 is 40.6. The van der Waals surface area contributed by atoms with Gasteiger partial charge in [-0.3, -0.25) is 14.4 Å². The van der Waals surface area contributed by atoms with Crippen LogP contribution in [0.1, 0.15) is 54.4 Å². The van der Waals surface area contributed by atoms with Crippen LogP contribution in [0.5, 0.6) is 0 Å². The molecule has 0 spiro atoms. The molecule has 7 nitrogen and oxygen atoms in total. The first-order chi connectivity index (χ1) is 16.5. The van der Waals surface area contributed by atoms with E-state index in [-0.39, 0.29) is 23.2 Å². The molecule has 0 atom stereocenters. The van der Waals surface area contributed by atoms with E-state index >= 15 is 0 Å². The van der Waals surface area contributed by atoms with Crippen LogP contribution in [0.4, 0.5) is 13.2 Å². The van der Waals surface area contributed by atoms with Gasteiger partial charge in [0.2, 0.25) is 11.3 Å². The molecule has 0 unspecified atom stereocenters. The Labute approximate surface area is 201 Å². The molecule has 0 saturated carbocycles. The molecule has 0 bridgehead atoms. The number of carbonyl (C=O) groups is 2. The molecule has 3 heterocycles. The van der Waals surface area contributed by atoms with E-state index in [2.05, 4.69) is 12.0 Å². The first-order valence-corrected chi connectivity index (χ1v) is 11.9. The van der Waals surface area contributed by atoms with Gasteiger partial charge in [-0.05, 0) is 56.7 Å². The third-order valence-corrected chi connectivity index (χ3v) is 6.95. The number of halogens is 3. The Hall–Kier alpha value is -3.17. The van der Waals surface area contributed by atoms with Crippen LogP contribution in [0.3, 0.4) is 0 Å². The number of hydrogen-bond donors (Lipinski definition) is 0. The Morgan fingerprint density at radius 1 is 0.971 bits per heavy atom. The molecule has 188 valence electrons. The van der Waals surface area contributed by atoms with Crippen molar-refractivity contribution in [1.82, 2.24) is 19.6 Å². The largest absolute Gasteiger partial charge is 0.416 e. The zero-order chi connectivity index (χ0) is 25.3. The van der Waals surface area contributed by atoms with Gasteiger partial charge in [0, 0.05) is 43.9 Å². The third-order valence-electron chi connectivity index (χ3n) is 6.95. The highest BCUT2D eigenvalue weighted by Crippen LogP contribution is 2.30. The maximum absolute atomic E-state index is 13.2. The minimum absolute atomic E-state index is 0.103. The highest BCUT2D eigenvalue weighted by atomic mass is 19.4. The number of benzene rings is 1. The summed E-state index contributed by atoms with van der Waals surface area (Å²) in [6.07, 6.45) is -1.52. The molecule has 10 heteroatoms. The standard InChI is InChI=1S/C25H29F3N4O3/c1-16-6-10-30(11-7-16)23(34)18-8-12-31(13-9-18)24(35)22-21(33)14-17(2)32(29-22)20-5-3-4-19(15-20)25(26,27)28/h3-5,14-16,18H,6-13H2,1-2H3. The maximum Gasteiger partial charge on any atom is 0.416 e. The fourth-order valence-corrected chi connectivity index (χ4v) is 4.74. The summed E-state index contributed by atoms with van der Waals surface area (Å²) in [7, 11) is 0. The Bertz CT molecular complexity index is 1160. The van der Waals surface area contributed by atoms with Crippen LogP contribution in [-0.4, -0.2) is 57.6 Å².